The number of carboxylic acid groups (broad SMARTS) is 2. The van der Waals surface area contributed by atoms with Gasteiger partial charge in [0.1, 0.15) is 17.6 Å². The number of carboxylic acids is 2. The molecule has 37 heavy (non-hydrogen) atoms. The van der Waals surface area contributed by atoms with Crippen molar-refractivity contribution in [1.82, 2.24) is 14.6 Å². The predicted molar refractivity (Wildman–Crippen MR) is 132 cm³/mol. The summed E-state index contributed by atoms with van der Waals surface area (Å²) >= 11 is 2.04. The highest BCUT2D eigenvalue weighted by atomic mass is 32.1. The molecule has 0 aromatic carbocycles. The first-order valence-electron chi connectivity index (χ1n) is 10.4. The number of hydrogen-bond donors (Lipinski definition) is 4. The third kappa shape index (κ3) is 4.56. The van der Waals surface area contributed by atoms with Crippen molar-refractivity contribution in [2.45, 2.75) is 12.8 Å². The van der Waals surface area contributed by atoms with Crippen molar-refractivity contribution in [2.75, 3.05) is 6.54 Å². The number of Topliss-reactive ketones (excluding diaryl/α,β-unsaturated/α-hetero) is 1. The summed E-state index contributed by atoms with van der Waals surface area (Å²) in [6, 6.07) is 2.99. The second-order valence-corrected chi connectivity index (χ2v) is 9.48. The highest BCUT2D eigenvalue weighted by Crippen LogP contribution is 2.35. The van der Waals surface area contributed by atoms with Crippen LogP contribution in [0.2, 0.25) is 0 Å². The van der Waals surface area contributed by atoms with Gasteiger partial charge in [0.25, 0.3) is 11.5 Å². The number of aromatic hydroxyl groups is 1. The molecule has 13 nitrogen and oxygen atoms in total. The highest BCUT2D eigenvalue weighted by molar-refractivity contribution is 7.17. The van der Waals surface area contributed by atoms with Crippen molar-refractivity contribution in [1.29, 1.82) is 0 Å². The van der Waals surface area contributed by atoms with Crippen LogP contribution in [-0.2, 0) is 16.6 Å². The van der Waals surface area contributed by atoms with E-state index in [0.717, 1.165) is 22.7 Å². The predicted octanol–water partition coefficient (Wildman–Crippen LogP) is 1.39. The lowest BCUT2D eigenvalue weighted by Gasteiger charge is -2.16. The number of hydrogen-bond acceptors (Lipinski definition) is 10. The smallest absolute Gasteiger partial charge is 0.322 e. The lowest BCUT2D eigenvalue weighted by atomic mass is 10.1. The average Bonchev–Trinajstić information content (AvgIpc) is 3.52. The third-order valence-electron chi connectivity index (χ3n) is 5.33. The van der Waals surface area contributed by atoms with Crippen LogP contribution >= 0.6 is 22.7 Å². The van der Waals surface area contributed by atoms with Gasteiger partial charge in [-0.15, -0.1) is 27.4 Å². The van der Waals surface area contributed by atoms with Gasteiger partial charge in [0.15, 0.2) is 22.8 Å². The minimum absolute atomic E-state index is 0.0107. The molecule has 0 unspecified atom stereocenters. The van der Waals surface area contributed by atoms with Crippen LogP contribution in [0.25, 0.3) is 20.4 Å². The van der Waals surface area contributed by atoms with Crippen LogP contribution in [0.5, 0.6) is 11.5 Å². The Kier molecular flexibility index (Phi) is 6.82. The highest BCUT2D eigenvalue weighted by Gasteiger charge is 2.28. The molecule has 4 aromatic rings. The van der Waals surface area contributed by atoms with Crippen LogP contribution in [0.1, 0.15) is 33.6 Å². The van der Waals surface area contributed by atoms with Gasteiger partial charge in [-0.25, -0.2) is 0 Å². The van der Waals surface area contributed by atoms with Crippen molar-refractivity contribution in [2.24, 2.45) is 7.05 Å². The number of thiophene rings is 2. The SMILES string of the molecule is Cn1c(=O)c(C(=O)CCC(=O)O)c(On2c(=O)c(C(=O)NCC(=O)O)c(O)c3sccc32)c2sccc21. The molecule has 15 heteroatoms. The third-order valence-corrected chi connectivity index (χ3v) is 7.14. The van der Waals surface area contributed by atoms with E-state index in [4.69, 9.17) is 15.1 Å². The normalized spacial score (nSPS) is 11.1. The van der Waals surface area contributed by atoms with Gasteiger partial charge in [-0.3, -0.25) is 28.8 Å². The molecular formula is C22H17N3O10S2. The Morgan fingerprint density at radius 3 is 2.22 bits per heavy atom. The number of aromatic nitrogens is 2. The Balaban J connectivity index is 1.96. The lowest BCUT2D eigenvalue weighted by Crippen LogP contribution is -2.37. The number of rotatable bonds is 9. The van der Waals surface area contributed by atoms with Gasteiger partial charge in [-0.05, 0) is 22.9 Å². The number of aryl methyl sites for hydroxylation is 1. The maximum Gasteiger partial charge on any atom is 0.322 e. The molecule has 4 heterocycles. The van der Waals surface area contributed by atoms with E-state index in [1.165, 1.54) is 23.1 Å². The minimum Gasteiger partial charge on any atom is -0.505 e. The molecule has 0 bridgehead atoms. The van der Waals surface area contributed by atoms with Crippen molar-refractivity contribution in [3.05, 3.63) is 54.7 Å². The summed E-state index contributed by atoms with van der Waals surface area (Å²) in [5.41, 5.74) is -2.88. The van der Waals surface area contributed by atoms with Gasteiger partial charge in [0.05, 0.1) is 21.3 Å². The van der Waals surface area contributed by atoms with Crippen LogP contribution in [0.3, 0.4) is 0 Å². The molecule has 4 N–H and O–H groups in total. The molecule has 0 saturated heterocycles. The quantitative estimate of drug-likeness (QED) is 0.222. The molecule has 192 valence electrons. The van der Waals surface area contributed by atoms with Gasteiger partial charge in [-0.2, -0.15) is 0 Å². The van der Waals surface area contributed by atoms with E-state index in [-0.39, 0.29) is 16.0 Å². The summed E-state index contributed by atoms with van der Waals surface area (Å²) in [4.78, 5) is 79.8. The Morgan fingerprint density at radius 1 is 0.919 bits per heavy atom. The average molecular weight is 548 g/mol. The van der Waals surface area contributed by atoms with E-state index in [0.29, 0.717) is 14.9 Å². The number of aliphatic carboxylic acids is 2. The Bertz CT molecular complexity index is 1730. The summed E-state index contributed by atoms with van der Waals surface area (Å²) < 4.78 is 2.16. The number of fused-ring (bicyclic) bond motifs is 2. The summed E-state index contributed by atoms with van der Waals surface area (Å²) in [5, 5.41) is 33.5. The molecular weight excluding hydrogens is 530 g/mol. The van der Waals surface area contributed by atoms with Crippen molar-refractivity contribution >= 4 is 66.7 Å². The molecule has 1 amide bonds. The molecule has 0 aliphatic carbocycles. The van der Waals surface area contributed by atoms with E-state index in [2.05, 4.69) is 0 Å². The number of amides is 1. The fourth-order valence-corrected chi connectivity index (χ4v) is 5.32. The van der Waals surface area contributed by atoms with E-state index >= 15 is 0 Å². The number of nitrogens with zero attached hydrogens (tertiary/aromatic N) is 2. The van der Waals surface area contributed by atoms with Gasteiger partial charge in [-0.1, -0.05) is 0 Å². The standard InChI is InChI=1S/C22H17N3O10S2/c1-24-9-4-6-37-19(9)17(14(21(24)33)11(26)2-3-12(27)28)35-25-10-5-7-36-18(10)16(31)15(22(25)34)20(32)23-8-13(29)30/h4-7,31H,2-3,8H2,1H3,(H,23,32)(H,27,28)(H,29,30). The maximum absolute atomic E-state index is 13.3. The van der Waals surface area contributed by atoms with E-state index in [1.807, 2.05) is 5.32 Å². The molecule has 0 aliphatic heterocycles. The Morgan fingerprint density at radius 2 is 1.57 bits per heavy atom. The zero-order chi connectivity index (χ0) is 27.0. The molecule has 0 atom stereocenters. The minimum atomic E-state index is -1.38. The molecule has 0 radical (unpaired) electrons. The lowest BCUT2D eigenvalue weighted by molar-refractivity contribution is -0.137. The summed E-state index contributed by atoms with van der Waals surface area (Å²) in [5.74, 6) is -5.66. The summed E-state index contributed by atoms with van der Waals surface area (Å²) in [7, 11) is 1.42. The van der Waals surface area contributed by atoms with Crippen molar-refractivity contribution in [3.8, 4) is 11.5 Å². The van der Waals surface area contributed by atoms with Crippen LogP contribution < -0.4 is 21.3 Å². The van der Waals surface area contributed by atoms with Crippen molar-refractivity contribution < 1.29 is 39.3 Å². The summed E-state index contributed by atoms with van der Waals surface area (Å²) in [6.45, 7) is -0.826. The maximum atomic E-state index is 13.3. The molecule has 4 rings (SSSR count). The van der Waals surface area contributed by atoms with E-state index in [1.54, 1.807) is 11.4 Å². The Hall–Kier alpha value is -4.50. The Labute approximate surface area is 213 Å². The first-order chi connectivity index (χ1) is 17.5. The molecule has 4 aromatic heterocycles. The molecule has 0 spiro atoms. The van der Waals surface area contributed by atoms with E-state index < -0.39 is 71.0 Å². The zero-order valence-corrected chi connectivity index (χ0v) is 20.5. The number of nitrogens with one attached hydrogen (secondary N) is 1. The largest absolute Gasteiger partial charge is 0.505 e. The van der Waals surface area contributed by atoms with Gasteiger partial charge < -0.3 is 30.0 Å². The summed E-state index contributed by atoms with van der Waals surface area (Å²) in [6.07, 6.45) is -1.06. The molecule has 0 aliphatic rings. The fraction of sp³-hybridized carbons (Fsp3) is 0.182. The number of ketones is 1. The molecule has 0 fully saturated rings. The number of pyridine rings is 2. The zero-order valence-electron chi connectivity index (χ0n) is 18.8. The second kappa shape index (κ2) is 9.87. The number of carbonyl (C=O) groups is 4. The second-order valence-electron chi connectivity index (χ2n) is 7.65. The van der Waals surface area contributed by atoms with Crippen LogP contribution in [0.15, 0.2) is 32.5 Å². The van der Waals surface area contributed by atoms with Crippen LogP contribution in [0.4, 0.5) is 0 Å². The van der Waals surface area contributed by atoms with Crippen molar-refractivity contribution in [3.63, 3.8) is 0 Å². The monoisotopic (exact) mass is 547 g/mol. The van der Waals surface area contributed by atoms with Gasteiger partial charge in [0.2, 0.25) is 0 Å². The van der Waals surface area contributed by atoms with Crippen LogP contribution in [-0.4, -0.2) is 54.8 Å². The molecule has 0 saturated carbocycles. The van der Waals surface area contributed by atoms with Crippen LogP contribution in [0, 0.1) is 0 Å². The fourth-order valence-electron chi connectivity index (χ4n) is 3.60. The topological polar surface area (TPSA) is 194 Å². The van der Waals surface area contributed by atoms with Gasteiger partial charge in [0, 0.05) is 13.5 Å². The van der Waals surface area contributed by atoms with Gasteiger partial charge >= 0.3 is 17.5 Å². The van der Waals surface area contributed by atoms with E-state index in [9.17, 15) is 33.9 Å². The first kappa shape index (κ1) is 25.6. The first-order valence-corrected chi connectivity index (χ1v) is 12.2. The number of carbonyl (C=O) groups excluding carboxylic acids is 2.